The second-order valence-electron chi connectivity index (χ2n) is 4.83. The second-order valence-corrected chi connectivity index (χ2v) is 4.83. The molecule has 2 rings (SSSR count). The van der Waals surface area contributed by atoms with Crippen LogP contribution in [0.3, 0.4) is 0 Å². The quantitative estimate of drug-likeness (QED) is 0.631. The molecule has 1 aliphatic heterocycles. The normalized spacial score (nSPS) is 18.0. The number of nitrogens with zero attached hydrogens (tertiary/aromatic N) is 1. The molecule has 0 N–H and O–H groups in total. The first-order chi connectivity index (χ1) is 10.2. The van der Waals surface area contributed by atoms with Gasteiger partial charge in [0.2, 0.25) is 0 Å². The van der Waals surface area contributed by atoms with E-state index in [-0.39, 0.29) is 18.7 Å². The van der Waals surface area contributed by atoms with E-state index in [1.54, 1.807) is 11.0 Å². The molecule has 1 atom stereocenters. The highest BCUT2D eigenvalue weighted by atomic mass is 16.6. The molecule has 5 heteroatoms. The highest BCUT2D eigenvalue weighted by Crippen LogP contribution is 2.19. The Hall–Kier alpha value is -2.30. The fraction of sp³-hybridized carbons (Fsp3) is 0.375. The fourth-order valence-corrected chi connectivity index (χ4v) is 2.28. The number of amides is 1. The summed E-state index contributed by atoms with van der Waals surface area (Å²) in [6.07, 6.45) is 4.43. The number of ether oxygens (including phenoxy) is 2. The lowest BCUT2D eigenvalue weighted by molar-refractivity contribution is -0.134. The van der Waals surface area contributed by atoms with Gasteiger partial charge in [0.15, 0.2) is 0 Å². The van der Waals surface area contributed by atoms with Gasteiger partial charge in [-0.25, -0.2) is 9.59 Å². The molecule has 0 radical (unpaired) electrons. The Kier molecular flexibility index (Phi) is 5.37. The average Bonchev–Trinajstić information content (AvgIpc) is 2.99. The number of hydrogen-bond donors (Lipinski definition) is 0. The molecule has 1 aromatic carbocycles. The summed E-state index contributed by atoms with van der Waals surface area (Å²) in [6.45, 7) is 0.896. The van der Waals surface area contributed by atoms with Crippen LogP contribution in [0.4, 0.5) is 4.79 Å². The van der Waals surface area contributed by atoms with Crippen LogP contribution in [0.15, 0.2) is 42.5 Å². The number of benzene rings is 1. The minimum atomic E-state index is -0.417. The summed E-state index contributed by atoms with van der Waals surface area (Å²) in [7, 11) is 1.33. The summed E-state index contributed by atoms with van der Waals surface area (Å²) in [4.78, 5) is 24.9. The van der Waals surface area contributed by atoms with Crippen LogP contribution in [0.2, 0.25) is 0 Å². The fourth-order valence-electron chi connectivity index (χ4n) is 2.28. The maximum absolute atomic E-state index is 12.1. The maximum Gasteiger partial charge on any atom is 0.410 e. The van der Waals surface area contributed by atoms with E-state index in [2.05, 4.69) is 4.74 Å². The predicted molar refractivity (Wildman–Crippen MR) is 77.5 cm³/mol. The summed E-state index contributed by atoms with van der Waals surface area (Å²) >= 11 is 0. The van der Waals surface area contributed by atoms with Gasteiger partial charge in [-0.15, -0.1) is 0 Å². The predicted octanol–water partition coefficient (Wildman–Crippen LogP) is 2.52. The van der Waals surface area contributed by atoms with Gasteiger partial charge in [0.05, 0.1) is 13.2 Å². The smallest absolute Gasteiger partial charge is 0.410 e. The van der Waals surface area contributed by atoms with Crippen molar-refractivity contribution in [1.82, 2.24) is 4.90 Å². The van der Waals surface area contributed by atoms with E-state index < -0.39 is 5.97 Å². The minimum Gasteiger partial charge on any atom is -0.466 e. The first-order valence-corrected chi connectivity index (χ1v) is 6.94. The maximum atomic E-state index is 12.1. The van der Waals surface area contributed by atoms with Crippen molar-refractivity contribution in [2.75, 3.05) is 13.7 Å². The van der Waals surface area contributed by atoms with Crippen molar-refractivity contribution in [2.45, 2.75) is 25.5 Å². The molecule has 0 aromatic heterocycles. The van der Waals surface area contributed by atoms with Crippen LogP contribution in [0.25, 0.3) is 0 Å². The molecule has 112 valence electrons. The van der Waals surface area contributed by atoms with Crippen molar-refractivity contribution in [1.29, 1.82) is 0 Å². The molecule has 5 nitrogen and oxygen atoms in total. The van der Waals surface area contributed by atoms with Gasteiger partial charge in [0, 0.05) is 12.6 Å². The highest BCUT2D eigenvalue weighted by molar-refractivity contribution is 5.82. The minimum absolute atomic E-state index is 0.104. The van der Waals surface area contributed by atoms with Crippen molar-refractivity contribution >= 4 is 12.1 Å². The summed E-state index contributed by atoms with van der Waals surface area (Å²) < 4.78 is 9.86. The van der Waals surface area contributed by atoms with E-state index in [1.165, 1.54) is 13.2 Å². The third-order valence-electron chi connectivity index (χ3n) is 3.39. The largest absolute Gasteiger partial charge is 0.466 e. The van der Waals surface area contributed by atoms with E-state index in [9.17, 15) is 9.59 Å². The zero-order valence-electron chi connectivity index (χ0n) is 12.0. The van der Waals surface area contributed by atoms with Crippen LogP contribution in [0.5, 0.6) is 0 Å². The van der Waals surface area contributed by atoms with Crippen molar-refractivity contribution < 1.29 is 19.1 Å². The number of rotatable bonds is 4. The number of likely N-dealkylation sites (tertiary alicyclic amines) is 1. The SMILES string of the molecule is COC(=O)C=C[C@H]1CCCN1C(=O)OCc1ccccc1. The zero-order valence-corrected chi connectivity index (χ0v) is 12.0. The van der Waals surface area contributed by atoms with Crippen LogP contribution in [-0.4, -0.2) is 36.7 Å². The molecule has 0 aliphatic carbocycles. The molecule has 1 aromatic rings. The highest BCUT2D eigenvalue weighted by Gasteiger charge is 2.28. The first-order valence-electron chi connectivity index (χ1n) is 6.94. The molecule has 0 spiro atoms. The first kappa shape index (κ1) is 15.1. The van der Waals surface area contributed by atoms with Gasteiger partial charge in [-0.05, 0) is 18.4 Å². The van der Waals surface area contributed by atoms with Gasteiger partial charge >= 0.3 is 12.1 Å². The second kappa shape index (κ2) is 7.47. The van der Waals surface area contributed by atoms with Gasteiger partial charge in [-0.1, -0.05) is 36.4 Å². The summed E-state index contributed by atoms with van der Waals surface area (Å²) in [6, 6.07) is 9.44. The molecule has 1 saturated heterocycles. The Morgan fingerprint density at radius 1 is 1.33 bits per heavy atom. The monoisotopic (exact) mass is 289 g/mol. The number of esters is 1. The van der Waals surface area contributed by atoms with Gasteiger partial charge in [-0.2, -0.15) is 0 Å². The van der Waals surface area contributed by atoms with E-state index in [0.717, 1.165) is 18.4 Å². The van der Waals surface area contributed by atoms with Crippen molar-refractivity contribution in [2.24, 2.45) is 0 Å². The van der Waals surface area contributed by atoms with E-state index in [0.29, 0.717) is 6.54 Å². The van der Waals surface area contributed by atoms with Crippen LogP contribution in [0, 0.1) is 0 Å². The Labute approximate surface area is 124 Å². The molecule has 21 heavy (non-hydrogen) atoms. The third-order valence-corrected chi connectivity index (χ3v) is 3.39. The number of methoxy groups -OCH3 is 1. The lowest BCUT2D eigenvalue weighted by atomic mass is 10.2. The lowest BCUT2D eigenvalue weighted by Gasteiger charge is -2.21. The Balaban J connectivity index is 1.88. The molecule has 0 bridgehead atoms. The van der Waals surface area contributed by atoms with Gasteiger partial charge in [0.1, 0.15) is 6.61 Å². The summed E-state index contributed by atoms with van der Waals surface area (Å²) in [5.74, 6) is -0.417. The average molecular weight is 289 g/mol. The molecule has 1 fully saturated rings. The zero-order chi connectivity index (χ0) is 15.1. The Morgan fingerprint density at radius 3 is 2.81 bits per heavy atom. The molecule has 1 amide bonds. The summed E-state index contributed by atoms with van der Waals surface area (Å²) in [5, 5.41) is 0. The molecule has 1 aliphatic rings. The van der Waals surface area contributed by atoms with E-state index in [1.807, 2.05) is 30.3 Å². The lowest BCUT2D eigenvalue weighted by Crippen LogP contribution is -2.34. The van der Waals surface area contributed by atoms with Gasteiger partial charge < -0.3 is 14.4 Å². The summed E-state index contributed by atoms with van der Waals surface area (Å²) in [5.41, 5.74) is 0.951. The molecule has 0 saturated carbocycles. The van der Waals surface area contributed by atoms with Crippen LogP contribution >= 0.6 is 0 Å². The van der Waals surface area contributed by atoms with E-state index in [4.69, 9.17) is 4.74 Å². The van der Waals surface area contributed by atoms with Crippen LogP contribution in [0.1, 0.15) is 18.4 Å². The molecule has 0 unspecified atom stereocenters. The van der Waals surface area contributed by atoms with E-state index >= 15 is 0 Å². The van der Waals surface area contributed by atoms with Crippen LogP contribution < -0.4 is 0 Å². The standard InChI is InChI=1S/C16H19NO4/c1-20-15(18)10-9-14-8-5-11-17(14)16(19)21-12-13-6-3-2-4-7-13/h2-4,6-7,9-10,14H,5,8,11-12H2,1H3/t14-/m1/s1. The number of carbonyl (C=O) groups is 2. The topological polar surface area (TPSA) is 55.8 Å². The van der Waals surface area contributed by atoms with Crippen molar-refractivity contribution in [3.63, 3.8) is 0 Å². The molecular weight excluding hydrogens is 270 g/mol. The van der Waals surface area contributed by atoms with Crippen LogP contribution in [-0.2, 0) is 20.9 Å². The van der Waals surface area contributed by atoms with Gasteiger partial charge in [0.25, 0.3) is 0 Å². The number of carbonyl (C=O) groups excluding carboxylic acids is 2. The molecular formula is C16H19NO4. The third kappa shape index (κ3) is 4.34. The van der Waals surface area contributed by atoms with Gasteiger partial charge in [-0.3, -0.25) is 0 Å². The Morgan fingerprint density at radius 2 is 2.10 bits per heavy atom. The van der Waals surface area contributed by atoms with Crippen molar-refractivity contribution in [3.8, 4) is 0 Å². The number of hydrogen-bond acceptors (Lipinski definition) is 4. The van der Waals surface area contributed by atoms with Crippen molar-refractivity contribution in [3.05, 3.63) is 48.0 Å². The molecule has 1 heterocycles. The Bertz CT molecular complexity index is 512.